The molecule has 1 heterocycles. The maximum Gasteiger partial charge on any atom is 0.222 e. The summed E-state index contributed by atoms with van der Waals surface area (Å²) in [6, 6.07) is 8.34. The van der Waals surface area contributed by atoms with Gasteiger partial charge in [-0.3, -0.25) is 4.79 Å². The minimum absolute atomic E-state index is 0.00517. The normalized spacial score (nSPS) is 19.0. The Bertz CT molecular complexity index is 660. The van der Waals surface area contributed by atoms with E-state index in [1.807, 2.05) is 24.0 Å². The number of benzene rings is 1. The third-order valence-electron chi connectivity index (χ3n) is 4.22. The minimum atomic E-state index is -3.49. The summed E-state index contributed by atoms with van der Waals surface area (Å²) in [4.78, 5) is 16.4. The van der Waals surface area contributed by atoms with Crippen molar-refractivity contribution in [3.63, 3.8) is 0 Å². The molecule has 1 atom stereocenters. The summed E-state index contributed by atoms with van der Waals surface area (Å²) in [5, 5.41) is 4.96. The lowest BCUT2D eigenvalue weighted by Gasteiger charge is -2.41. The largest absolute Gasteiger partial charge is 0.367 e. The number of hydrogen-bond donors (Lipinski definition) is 1. The zero-order valence-corrected chi connectivity index (χ0v) is 14.6. The van der Waals surface area contributed by atoms with Crippen molar-refractivity contribution in [1.82, 2.24) is 4.90 Å². The Hall–Kier alpha value is -1.60. The van der Waals surface area contributed by atoms with Gasteiger partial charge >= 0.3 is 0 Å². The van der Waals surface area contributed by atoms with E-state index in [2.05, 4.69) is 24.0 Å². The molecule has 0 spiro atoms. The predicted octanol–water partition coefficient (Wildman–Crippen LogP) is 1.10. The van der Waals surface area contributed by atoms with Crippen molar-refractivity contribution in [2.75, 3.05) is 30.3 Å². The lowest BCUT2D eigenvalue weighted by atomic mass is 10.1. The Morgan fingerprint density at radius 1 is 1.30 bits per heavy atom. The standard InChI is InChI=1S/C16H25N3O3S/c1-13-6-3-4-7-15(13)18-9-10-19(14(2)12-18)16(20)8-5-11-23(17,21)22/h3-4,6-7,14H,5,8-12H2,1-2H3,(H2,17,21,22)/t14-/m1/s1. The van der Waals surface area contributed by atoms with Gasteiger partial charge < -0.3 is 9.80 Å². The van der Waals surface area contributed by atoms with Crippen molar-refractivity contribution in [1.29, 1.82) is 0 Å². The number of sulfonamides is 1. The lowest BCUT2D eigenvalue weighted by Crippen LogP contribution is -2.54. The lowest BCUT2D eigenvalue weighted by molar-refractivity contribution is -0.133. The quantitative estimate of drug-likeness (QED) is 0.871. The van der Waals surface area contributed by atoms with Gasteiger partial charge in [-0.2, -0.15) is 0 Å². The molecular weight excluding hydrogens is 314 g/mol. The summed E-state index contributed by atoms with van der Waals surface area (Å²) in [7, 11) is -3.49. The summed E-state index contributed by atoms with van der Waals surface area (Å²) in [5.74, 6) is -0.137. The van der Waals surface area contributed by atoms with Crippen molar-refractivity contribution < 1.29 is 13.2 Å². The van der Waals surface area contributed by atoms with Gasteiger partial charge in [-0.1, -0.05) is 18.2 Å². The molecule has 0 unspecified atom stereocenters. The van der Waals surface area contributed by atoms with Crippen LogP contribution in [0.5, 0.6) is 0 Å². The molecule has 128 valence electrons. The van der Waals surface area contributed by atoms with Gasteiger partial charge in [-0.25, -0.2) is 13.6 Å². The average molecular weight is 339 g/mol. The maximum atomic E-state index is 12.3. The zero-order valence-electron chi connectivity index (χ0n) is 13.7. The summed E-state index contributed by atoms with van der Waals surface area (Å²) in [6.45, 7) is 6.35. The SMILES string of the molecule is Cc1ccccc1N1CCN(C(=O)CCCS(N)(=O)=O)[C@H](C)C1. The van der Waals surface area contributed by atoms with Gasteiger partial charge in [-0.05, 0) is 31.9 Å². The van der Waals surface area contributed by atoms with Crippen LogP contribution in [0.4, 0.5) is 5.69 Å². The fourth-order valence-electron chi connectivity index (χ4n) is 3.03. The van der Waals surface area contributed by atoms with E-state index in [-0.39, 0.29) is 30.5 Å². The van der Waals surface area contributed by atoms with Crippen LogP contribution < -0.4 is 10.0 Å². The Balaban J connectivity index is 1.91. The first kappa shape index (κ1) is 17.7. The average Bonchev–Trinajstić information content (AvgIpc) is 2.46. The maximum absolute atomic E-state index is 12.3. The van der Waals surface area contributed by atoms with Crippen LogP contribution in [-0.4, -0.2) is 50.7 Å². The fourth-order valence-corrected chi connectivity index (χ4v) is 3.58. The molecule has 1 fully saturated rings. The summed E-state index contributed by atoms with van der Waals surface area (Å²) < 4.78 is 21.9. The topological polar surface area (TPSA) is 83.7 Å². The van der Waals surface area contributed by atoms with E-state index in [1.54, 1.807) is 0 Å². The fraction of sp³-hybridized carbons (Fsp3) is 0.562. The number of nitrogens with two attached hydrogens (primary N) is 1. The molecule has 7 heteroatoms. The van der Waals surface area contributed by atoms with Crippen LogP contribution in [0.2, 0.25) is 0 Å². The number of carbonyl (C=O) groups excluding carboxylic acids is 1. The van der Waals surface area contributed by atoms with E-state index in [0.717, 1.165) is 13.1 Å². The van der Waals surface area contributed by atoms with E-state index in [4.69, 9.17) is 5.14 Å². The predicted molar refractivity (Wildman–Crippen MR) is 91.8 cm³/mol. The van der Waals surface area contributed by atoms with Crippen molar-refractivity contribution in [2.24, 2.45) is 5.14 Å². The first-order chi connectivity index (χ1) is 10.8. The molecule has 1 saturated heterocycles. The second kappa shape index (κ2) is 7.31. The molecule has 0 bridgehead atoms. The third kappa shape index (κ3) is 4.94. The number of hydrogen-bond acceptors (Lipinski definition) is 4. The Morgan fingerprint density at radius 2 is 2.00 bits per heavy atom. The Labute approximate surface area is 138 Å². The van der Waals surface area contributed by atoms with Crippen LogP contribution in [0.3, 0.4) is 0 Å². The van der Waals surface area contributed by atoms with Gasteiger partial charge in [0.05, 0.1) is 5.75 Å². The Morgan fingerprint density at radius 3 is 2.61 bits per heavy atom. The molecule has 23 heavy (non-hydrogen) atoms. The molecule has 2 rings (SSSR count). The molecule has 1 aromatic rings. The number of carbonyl (C=O) groups is 1. The number of para-hydroxylation sites is 1. The van der Waals surface area contributed by atoms with E-state index in [0.29, 0.717) is 6.54 Å². The molecular formula is C16H25N3O3S. The highest BCUT2D eigenvalue weighted by Gasteiger charge is 2.27. The van der Waals surface area contributed by atoms with Crippen LogP contribution >= 0.6 is 0 Å². The van der Waals surface area contributed by atoms with Gasteiger partial charge in [0, 0.05) is 37.8 Å². The van der Waals surface area contributed by atoms with Gasteiger partial charge in [0.15, 0.2) is 0 Å². The zero-order chi connectivity index (χ0) is 17.0. The summed E-state index contributed by atoms with van der Waals surface area (Å²) in [6.07, 6.45) is 0.507. The van der Waals surface area contributed by atoms with Crippen LogP contribution in [0.1, 0.15) is 25.3 Å². The second-order valence-electron chi connectivity index (χ2n) is 6.14. The highest BCUT2D eigenvalue weighted by Crippen LogP contribution is 2.23. The first-order valence-electron chi connectivity index (χ1n) is 7.88. The van der Waals surface area contributed by atoms with E-state index in [9.17, 15) is 13.2 Å². The van der Waals surface area contributed by atoms with Crippen molar-refractivity contribution >= 4 is 21.6 Å². The van der Waals surface area contributed by atoms with Gasteiger partial charge in [0.1, 0.15) is 0 Å². The molecule has 1 aliphatic heterocycles. The van der Waals surface area contributed by atoms with E-state index >= 15 is 0 Å². The van der Waals surface area contributed by atoms with Crippen LogP contribution in [0.15, 0.2) is 24.3 Å². The number of rotatable bonds is 5. The summed E-state index contributed by atoms with van der Waals surface area (Å²) >= 11 is 0. The molecule has 0 saturated carbocycles. The van der Waals surface area contributed by atoms with Crippen LogP contribution in [0.25, 0.3) is 0 Å². The monoisotopic (exact) mass is 339 g/mol. The molecule has 1 aromatic carbocycles. The Kier molecular flexibility index (Phi) is 5.64. The molecule has 0 aromatic heterocycles. The van der Waals surface area contributed by atoms with Gasteiger partial charge in [0.2, 0.25) is 15.9 Å². The number of primary sulfonamides is 1. The second-order valence-corrected chi connectivity index (χ2v) is 7.87. The number of anilines is 1. The van der Waals surface area contributed by atoms with E-state index in [1.165, 1.54) is 11.3 Å². The van der Waals surface area contributed by atoms with E-state index < -0.39 is 10.0 Å². The molecule has 2 N–H and O–H groups in total. The highest BCUT2D eigenvalue weighted by molar-refractivity contribution is 7.89. The number of aryl methyl sites for hydroxylation is 1. The first-order valence-corrected chi connectivity index (χ1v) is 9.60. The minimum Gasteiger partial charge on any atom is -0.367 e. The smallest absolute Gasteiger partial charge is 0.222 e. The van der Waals surface area contributed by atoms with Gasteiger partial charge in [-0.15, -0.1) is 0 Å². The third-order valence-corrected chi connectivity index (χ3v) is 5.08. The molecule has 1 aliphatic rings. The number of piperazine rings is 1. The molecule has 1 amide bonds. The van der Waals surface area contributed by atoms with Gasteiger partial charge in [0.25, 0.3) is 0 Å². The molecule has 0 radical (unpaired) electrons. The molecule has 0 aliphatic carbocycles. The van der Waals surface area contributed by atoms with Crippen molar-refractivity contribution in [3.05, 3.63) is 29.8 Å². The number of amides is 1. The van der Waals surface area contributed by atoms with Crippen molar-refractivity contribution in [3.8, 4) is 0 Å². The van der Waals surface area contributed by atoms with Crippen LogP contribution in [-0.2, 0) is 14.8 Å². The highest BCUT2D eigenvalue weighted by atomic mass is 32.2. The molecule has 6 nitrogen and oxygen atoms in total. The van der Waals surface area contributed by atoms with Crippen LogP contribution in [0, 0.1) is 6.92 Å². The number of nitrogens with zero attached hydrogens (tertiary/aromatic N) is 2. The van der Waals surface area contributed by atoms with Crippen molar-refractivity contribution in [2.45, 2.75) is 32.7 Å². The summed E-state index contributed by atoms with van der Waals surface area (Å²) in [5.41, 5.74) is 2.44.